The molecule has 1 atom stereocenters. The summed E-state index contributed by atoms with van der Waals surface area (Å²) in [6.45, 7) is 1.28. The minimum atomic E-state index is -0.740. The van der Waals surface area contributed by atoms with Crippen LogP contribution in [0, 0.1) is 5.92 Å². The first-order chi connectivity index (χ1) is 8.74. The number of fused-ring (bicyclic) bond motifs is 1. The van der Waals surface area contributed by atoms with Gasteiger partial charge in [-0.2, -0.15) is 4.98 Å². The number of para-hydroxylation sites is 2. The number of nitrogens with zero attached hydrogens (tertiary/aromatic N) is 2. The van der Waals surface area contributed by atoms with Gasteiger partial charge in [-0.15, -0.1) is 0 Å². The first kappa shape index (κ1) is 11.1. The molecule has 0 saturated carbocycles. The zero-order chi connectivity index (χ0) is 12.5. The Morgan fingerprint density at radius 2 is 2.28 bits per heavy atom. The summed E-state index contributed by atoms with van der Waals surface area (Å²) in [4.78, 5) is 17.3. The number of oxazole rings is 1. The van der Waals surface area contributed by atoms with Crippen molar-refractivity contribution < 1.29 is 14.3 Å². The zero-order valence-corrected chi connectivity index (χ0v) is 9.87. The van der Waals surface area contributed by atoms with E-state index in [1.165, 1.54) is 0 Å². The van der Waals surface area contributed by atoms with Crippen molar-refractivity contribution in [2.45, 2.75) is 12.8 Å². The summed E-state index contributed by atoms with van der Waals surface area (Å²) < 4.78 is 5.66. The quantitative estimate of drug-likeness (QED) is 0.879. The molecule has 1 N–H and O–H groups in total. The van der Waals surface area contributed by atoms with Crippen molar-refractivity contribution in [1.82, 2.24) is 4.98 Å². The molecule has 1 aliphatic heterocycles. The minimum Gasteiger partial charge on any atom is -0.481 e. The van der Waals surface area contributed by atoms with E-state index in [1.807, 2.05) is 29.2 Å². The van der Waals surface area contributed by atoms with Gasteiger partial charge in [0.25, 0.3) is 6.01 Å². The molecule has 5 nitrogen and oxygen atoms in total. The molecule has 0 amide bonds. The van der Waals surface area contributed by atoms with Crippen LogP contribution >= 0.6 is 0 Å². The second kappa shape index (κ2) is 4.33. The van der Waals surface area contributed by atoms with E-state index >= 15 is 0 Å². The SMILES string of the molecule is O=C(O)[C@@H]1CCCN(c2nc3ccccc3o2)C1. The average Bonchev–Trinajstić information content (AvgIpc) is 2.82. The highest BCUT2D eigenvalue weighted by molar-refractivity contribution is 5.75. The minimum absolute atomic E-state index is 0.325. The van der Waals surface area contributed by atoms with Crippen LogP contribution in [0.3, 0.4) is 0 Å². The molecule has 1 fully saturated rings. The van der Waals surface area contributed by atoms with Crippen molar-refractivity contribution in [2.24, 2.45) is 5.92 Å². The molecule has 0 unspecified atom stereocenters. The van der Waals surface area contributed by atoms with Gasteiger partial charge in [0.2, 0.25) is 0 Å². The maximum Gasteiger partial charge on any atom is 0.308 e. The lowest BCUT2D eigenvalue weighted by Gasteiger charge is -2.29. The predicted molar refractivity (Wildman–Crippen MR) is 66.6 cm³/mol. The maximum atomic E-state index is 11.0. The lowest BCUT2D eigenvalue weighted by molar-refractivity contribution is -0.141. The van der Waals surface area contributed by atoms with E-state index in [0.29, 0.717) is 12.6 Å². The number of benzene rings is 1. The Bertz CT molecular complexity index is 545. The second-order valence-corrected chi connectivity index (χ2v) is 4.59. The van der Waals surface area contributed by atoms with Crippen LogP contribution in [0.1, 0.15) is 12.8 Å². The molecule has 0 spiro atoms. The smallest absolute Gasteiger partial charge is 0.308 e. The van der Waals surface area contributed by atoms with E-state index in [1.54, 1.807) is 0 Å². The Hall–Kier alpha value is -2.04. The first-order valence-electron chi connectivity index (χ1n) is 6.07. The number of rotatable bonds is 2. The lowest BCUT2D eigenvalue weighted by atomic mass is 9.99. The van der Waals surface area contributed by atoms with Crippen LogP contribution in [0.5, 0.6) is 0 Å². The van der Waals surface area contributed by atoms with Crippen LogP contribution in [0.2, 0.25) is 0 Å². The van der Waals surface area contributed by atoms with Crippen LogP contribution in [0.15, 0.2) is 28.7 Å². The highest BCUT2D eigenvalue weighted by atomic mass is 16.4. The summed E-state index contributed by atoms with van der Waals surface area (Å²) >= 11 is 0. The number of carbonyl (C=O) groups is 1. The van der Waals surface area contributed by atoms with E-state index in [0.717, 1.165) is 30.5 Å². The van der Waals surface area contributed by atoms with E-state index in [4.69, 9.17) is 9.52 Å². The van der Waals surface area contributed by atoms with Gasteiger partial charge < -0.3 is 14.4 Å². The van der Waals surface area contributed by atoms with E-state index < -0.39 is 5.97 Å². The molecule has 2 heterocycles. The number of aliphatic carboxylic acids is 1. The molecule has 1 saturated heterocycles. The van der Waals surface area contributed by atoms with Crippen molar-refractivity contribution in [3.8, 4) is 0 Å². The third kappa shape index (κ3) is 1.92. The molecule has 0 radical (unpaired) electrons. The van der Waals surface area contributed by atoms with Crippen molar-refractivity contribution in [2.75, 3.05) is 18.0 Å². The lowest BCUT2D eigenvalue weighted by Crippen LogP contribution is -2.38. The Labute approximate surface area is 104 Å². The van der Waals surface area contributed by atoms with E-state index in [2.05, 4.69) is 4.98 Å². The number of carboxylic acid groups (broad SMARTS) is 1. The Morgan fingerprint density at radius 3 is 3.06 bits per heavy atom. The average molecular weight is 246 g/mol. The van der Waals surface area contributed by atoms with Gasteiger partial charge in [0, 0.05) is 13.1 Å². The standard InChI is InChI=1S/C13H14N2O3/c16-12(17)9-4-3-7-15(8-9)13-14-10-5-1-2-6-11(10)18-13/h1-2,5-6,9H,3-4,7-8H2,(H,16,17)/t9-/m1/s1. The van der Waals surface area contributed by atoms with Crippen molar-refractivity contribution in [3.05, 3.63) is 24.3 Å². The van der Waals surface area contributed by atoms with Crippen LogP contribution in [0.4, 0.5) is 6.01 Å². The van der Waals surface area contributed by atoms with Gasteiger partial charge in [0.1, 0.15) is 5.52 Å². The Balaban J connectivity index is 1.87. The molecule has 5 heteroatoms. The van der Waals surface area contributed by atoms with Crippen LogP contribution < -0.4 is 4.90 Å². The van der Waals surface area contributed by atoms with Crippen molar-refractivity contribution >= 4 is 23.1 Å². The highest BCUT2D eigenvalue weighted by Gasteiger charge is 2.27. The molecule has 1 aromatic heterocycles. The molecule has 1 aromatic carbocycles. The summed E-state index contributed by atoms with van der Waals surface area (Å²) in [7, 11) is 0. The third-order valence-corrected chi connectivity index (χ3v) is 3.32. The molecular formula is C13H14N2O3. The van der Waals surface area contributed by atoms with Gasteiger partial charge in [-0.25, -0.2) is 0 Å². The summed E-state index contributed by atoms with van der Waals surface area (Å²) in [5, 5.41) is 9.07. The van der Waals surface area contributed by atoms with Crippen LogP contribution in [-0.4, -0.2) is 29.1 Å². The number of aromatic nitrogens is 1. The van der Waals surface area contributed by atoms with Crippen molar-refractivity contribution in [3.63, 3.8) is 0 Å². The number of carboxylic acids is 1. The maximum absolute atomic E-state index is 11.0. The van der Waals surface area contributed by atoms with Gasteiger partial charge >= 0.3 is 5.97 Å². The number of piperidine rings is 1. The molecule has 94 valence electrons. The number of hydrogen-bond donors (Lipinski definition) is 1. The van der Waals surface area contributed by atoms with Crippen LogP contribution in [0.25, 0.3) is 11.1 Å². The summed E-state index contributed by atoms with van der Waals surface area (Å²) in [5.74, 6) is -1.07. The predicted octanol–water partition coefficient (Wildman–Crippen LogP) is 2.13. The molecule has 1 aliphatic rings. The first-order valence-corrected chi connectivity index (χ1v) is 6.07. The molecular weight excluding hydrogens is 232 g/mol. The molecule has 2 aromatic rings. The van der Waals surface area contributed by atoms with Gasteiger partial charge in [-0.05, 0) is 25.0 Å². The van der Waals surface area contributed by atoms with Crippen LogP contribution in [-0.2, 0) is 4.79 Å². The van der Waals surface area contributed by atoms with Gasteiger partial charge in [-0.3, -0.25) is 4.79 Å². The highest BCUT2D eigenvalue weighted by Crippen LogP contribution is 2.26. The van der Waals surface area contributed by atoms with Crippen molar-refractivity contribution in [1.29, 1.82) is 0 Å². The molecule has 18 heavy (non-hydrogen) atoms. The van der Waals surface area contributed by atoms with E-state index in [-0.39, 0.29) is 5.92 Å². The molecule has 0 aliphatic carbocycles. The fourth-order valence-corrected chi connectivity index (χ4v) is 2.35. The van der Waals surface area contributed by atoms with E-state index in [9.17, 15) is 4.79 Å². The second-order valence-electron chi connectivity index (χ2n) is 4.59. The molecule has 3 rings (SSSR count). The Kier molecular flexibility index (Phi) is 2.66. The monoisotopic (exact) mass is 246 g/mol. The van der Waals surface area contributed by atoms with Gasteiger partial charge in [0.15, 0.2) is 5.58 Å². The largest absolute Gasteiger partial charge is 0.481 e. The summed E-state index contributed by atoms with van der Waals surface area (Å²) in [6.07, 6.45) is 1.59. The fraction of sp³-hybridized carbons (Fsp3) is 0.385. The van der Waals surface area contributed by atoms with Gasteiger partial charge in [0.05, 0.1) is 5.92 Å². The summed E-state index contributed by atoms with van der Waals surface area (Å²) in [6, 6.07) is 8.09. The Morgan fingerprint density at radius 1 is 1.44 bits per heavy atom. The topological polar surface area (TPSA) is 66.6 Å². The van der Waals surface area contributed by atoms with Gasteiger partial charge in [-0.1, -0.05) is 12.1 Å². The third-order valence-electron chi connectivity index (χ3n) is 3.32. The normalized spacial score (nSPS) is 20.2. The zero-order valence-electron chi connectivity index (χ0n) is 9.87. The fourth-order valence-electron chi connectivity index (χ4n) is 2.35. The summed E-state index contributed by atoms with van der Waals surface area (Å²) in [5.41, 5.74) is 1.55. The number of hydrogen-bond acceptors (Lipinski definition) is 4. The number of anilines is 1. The molecule has 0 bridgehead atoms.